The van der Waals surface area contributed by atoms with Gasteiger partial charge in [0.2, 0.25) is 5.91 Å². The van der Waals surface area contributed by atoms with Gasteiger partial charge in [-0.1, -0.05) is 29.8 Å². The van der Waals surface area contributed by atoms with Crippen molar-refractivity contribution < 1.29 is 14.3 Å². The highest BCUT2D eigenvalue weighted by Crippen LogP contribution is 2.56. The van der Waals surface area contributed by atoms with Crippen molar-refractivity contribution in [3.63, 3.8) is 0 Å². The molecule has 1 spiro atoms. The van der Waals surface area contributed by atoms with Gasteiger partial charge in [-0.2, -0.15) is 0 Å². The third-order valence-electron chi connectivity index (χ3n) is 6.78. The van der Waals surface area contributed by atoms with E-state index in [-0.39, 0.29) is 11.8 Å². The molecule has 27 heavy (non-hydrogen) atoms. The molecular formula is C22H30N2O3. The average molecular weight is 370 g/mol. The van der Waals surface area contributed by atoms with E-state index in [4.69, 9.17) is 4.74 Å². The Morgan fingerprint density at radius 3 is 2.78 bits per heavy atom. The molecule has 2 heterocycles. The van der Waals surface area contributed by atoms with Gasteiger partial charge in [0.15, 0.2) is 0 Å². The number of carbonyl (C=O) groups excluding carboxylic acids is 2. The number of nitrogens with zero attached hydrogens (tertiary/aromatic N) is 1. The second-order valence-corrected chi connectivity index (χ2v) is 8.70. The lowest BCUT2D eigenvalue weighted by molar-refractivity contribution is -0.139. The van der Waals surface area contributed by atoms with Crippen molar-refractivity contribution in [3.8, 4) is 0 Å². The van der Waals surface area contributed by atoms with Crippen LogP contribution in [0.25, 0.3) is 0 Å². The van der Waals surface area contributed by atoms with E-state index in [1.807, 2.05) is 4.90 Å². The number of benzene rings is 1. The van der Waals surface area contributed by atoms with E-state index in [1.54, 1.807) is 0 Å². The predicted octanol–water partition coefficient (Wildman–Crippen LogP) is 3.62. The van der Waals surface area contributed by atoms with E-state index < -0.39 is 6.09 Å². The molecule has 4 rings (SSSR count). The van der Waals surface area contributed by atoms with Crippen LogP contribution in [-0.4, -0.2) is 43.1 Å². The van der Waals surface area contributed by atoms with Gasteiger partial charge in [0.25, 0.3) is 0 Å². The smallest absolute Gasteiger partial charge is 0.407 e. The minimum Gasteiger partial charge on any atom is -0.450 e. The van der Waals surface area contributed by atoms with E-state index in [2.05, 4.69) is 36.5 Å². The maximum atomic E-state index is 12.9. The van der Waals surface area contributed by atoms with E-state index in [0.29, 0.717) is 24.5 Å². The Morgan fingerprint density at radius 2 is 2.04 bits per heavy atom. The summed E-state index contributed by atoms with van der Waals surface area (Å²) >= 11 is 0. The molecule has 3 fully saturated rings. The Hall–Kier alpha value is -2.04. The molecule has 5 nitrogen and oxygen atoms in total. The summed E-state index contributed by atoms with van der Waals surface area (Å²) in [5.74, 6) is 0.794. The van der Waals surface area contributed by atoms with Gasteiger partial charge in [-0.25, -0.2) is 4.79 Å². The first-order chi connectivity index (χ1) is 13.0. The molecule has 1 N–H and O–H groups in total. The average Bonchev–Trinajstić information content (AvgIpc) is 2.63. The van der Waals surface area contributed by atoms with Crippen LogP contribution in [0.3, 0.4) is 0 Å². The number of rotatable bonds is 2. The summed E-state index contributed by atoms with van der Waals surface area (Å²) in [7, 11) is 0. The molecule has 0 unspecified atom stereocenters. The molecule has 1 aromatic rings. The summed E-state index contributed by atoms with van der Waals surface area (Å²) in [5.41, 5.74) is 3.26. The molecule has 3 aliphatic rings. The fourth-order valence-electron chi connectivity index (χ4n) is 5.08. The first-order valence-electron chi connectivity index (χ1n) is 10.3. The van der Waals surface area contributed by atoms with E-state index in [1.165, 1.54) is 24.0 Å². The Morgan fingerprint density at radius 1 is 1.26 bits per heavy atom. The summed E-state index contributed by atoms with van der Waals surface area (Å²) in [5, 5.41) is 2.71. The quantitative estimate of drug-likeness (QED) is 0.865. The molecule has 1 aromatic carbocycles. The Bertz CT molecular complexity index is 701. The van der Waals surface area contributed by atoms with Crippen LogP contribution < -0.4 is 5.32 Å². The number of cyclic esters (lactones) is 1. The van der Waals surface area contributed by atoms with Crippen molar-refractivity contribution in [2.75, 3.05) is 26.2 Å². The maximum absolute atomic E-state index is 12.9. The molecule has 146 valence electrons. The minimum atomic E-state index is -0.401. The molecule has 0 radical (unpaired) electrons. The molecule has 1 saturated carbocycles. The third-order valence-corrected chi connectivity index (χ3v) is 6.78. The van der Waals surface area contributed by atoms with Crippen LogP contribution >= 0.6 is 0 Å². The number of ether oxygens (including phenoxy) is 1. The minimum absolute atomic E-state index is 0.103. The van der Waals surface area contributed by atoms with Crippen molar-refractivity contribution in [1.29, 1.82) is 0 Å². The van der Waals surface area contributed by atoms with Crippen molar-refractivity contribution in [3.05, 3.63) is 35.4 Å². The Labute approximate surface area is 161 Å². The molecule has 1 atom stereocenters. The predicted molar refractivity (Wildman–Crippen MR) is 103 cm³/mol. The number of piperidine rings is 1. The van der Waals surface area contributed by atoms with E-state index in [9.17, 15) is 9.59 Å². The monoisotopic (exact) mass is 370 g/mol. The van der Waals surface area contributed by atoms with Gasteiger partial charge < -0.3 is 15.0 Å². The Balaban J connectivity index is 1.29. The van der Waals surface area contributed by atoms with E-state index >= 15 is 0 Å². The second-order valence-electron chi connectivity index (χ2n) is 8.70. The molecule has 5 heteroatoms. The van der Waals surface area contributed by atoms with Gasteiger partial charge in [-0.05, 0) is 62.3 Å². The van der Waals surface area contributed by atoms with Gasteiger partial charge >= 0.3 is 6.09 Å². The fraction of sp³-hybridized carbons (Fsp3) is 0.636. The molecule has 0 aromatic heterocycles. The number of amides is 2. The molecule has 1 aliphatic carbocycles. The van der Waals surface area contributed by atoms with Gasteiger partial charge in [0.05, 0.1) is 12.5 Å². The Kier molecular flexibility index (Phi) is 5.11. The van der Waals surface area contributed by atoms with Crippen LogP contribution in [0.1, 0.15) is 55.6 Å². The van der Waals surface area contributed by atoms with Crippen molar-refractivity contribution in [2.24, 2.45) is 11.3 Å². The fourth-order valence-corrected chi connectivity index (χ4v) is 5.08. The largest absolute Gasteiger partial charge is 0.450 e. The highest BCUT2D eigenvalue weighted by molar-refractivity contribution is 5.80. The van der Waals surface area contributed by atoms with Crippen molar-refractivity contribution >= 4 is 12.0 Å². The highest BCUT2D eigenvalue weighted by atomic mass is 16.5. The molecular weight excluding hydrogens is 340 g/mol. The van der Waals surface area contributed by atoms with Crippen molar-refractivity contribution in [2.45, 2.75) is 51.4 Å². The van der Waals surface area contributed by atoms with Crippen LogP contribution in [-0.2, 0) is 9.53 Å². The van der Waals surface area contributed by atoms with Gasteiger partial charge in [0, 0.05) is 19.6 Å². The standard InChI is InChI=1S/C22H30N2O3/c1-16-4-2-5-17(12-16)19-13-22(14-19)7-9-24(10-8-22)20(25)18-6-3-11-27-21(26)23-15-18/h2,4-5,12,18-19H,3,6-11,13-15H2,1H3,(H,23,26)/t18-/m1/s1. The van der Waals surface area contributed by atoms with Gasteiger partial charge in [0.1, 0.15) is 0 Å². The maximum Gasteiger partial charge on any atom is 0.407 e. The SMILES string of the molecule is Cc1cccc(C2CC3(CCN(C(=O)[C@@H]4CCCOC(=O)NC4)CC3)C2)c1. The van der Waals surface area contributed by atoms with Gasteiger partial charge in [-0.15, -0.1) is 0 Å². The third kappa shape index (κ3) is 3.97. The number of nitrogens with one attached hydrogen (secondary N) is 1. The number of hydrogen-bond acceptors (Lipinski definition) is 3. The van der Waals surface area contributed by atoms with Crippen LogP contribution in [0, 0.1) is 18.3 Å². The van der Waals surface area contributed by atoms with Crippen molar-refractivity contribution in [1.82, 2.24) is 10.2 Å². The first kappa shape index (κ1) is 18.3. The lowest BCUT2D eigenvalue weighted by atomic mass is 9.56. The molecule has 2 amide bonds. The number of alkyl carbamates (subject to hydrolysis) is 1. The summed E-state index contributed by atoms with van der Waals surface area (Å²) in [6.45, 7) is 4.68. The number of aryl methyl sites for hydroxylation is 1. The first-order valence-corrected chi connectivity index (χ1v) is 10.3. The number of hydrogen-bond donors (Lipinski definition) is 1. The van der Waals surface area contributed by atoms with E-state index in [0.717, 1.165) is 38.8 Å². The zero-order chi connectivity index (χ0) is 18.9. The summed E-state index contributed by atoms with van der Waals surface area (Å²) in [6.07, 6.45) is 5.90. The molecule has 2 aliphatic heterocycles. The van der Waals surface area contributed by atoms with Crippen LogP contribution in [0.4, 0.5) is 4.79 Å². The lowest BCUT2D eigenvalue weighted by Gasteiger charge is -2.53. The lowest BCUT2D eigenvalue weighted by Crippen LogP contribution is -2.50. The highest BCUT2D eigenvalue weighted by Gasteiger charge is 2.47. The zero-order valence-electron chi connectivity index (χ0n) is 16.2. The zero-order valence-corrected chi connectivity index (χ0v) is 16.2. The van der Waals surface area contributed by atoms with Crippen LogP contribution in [0.5, 0.6) is 0 Å². The van der Waals surface area contributed by atoms with Crippen LogP contribution in [0.2, 0.25) is 0 Å². The second kappa shape index (κ2) is 7.53. The summed E-state index contributed by atoms with van der Waals surface area (Å²) < 4.78 is 4.98. The topological polar surface area (TPSA) is 58.6 Å². The van der Waals surface area contributed by atoms with Crippen LogP contribution in [0.15, 0.2) is 24.3 Å². The number of likely N-dealkylation sites (tertiary alicyclic amines) is 1. The summed E-state index contributed by atoms with van der Waals surface area (Å²) in [6, 6.07) is 8.90. The normalized spacial score (nSPS) is 25.7. The molecule has 0 bridgehead atoms. The summed E-state index contributed by atoms with van der Waals surface area (Å²) in [4.78, 5) is 26.4. The van der Waals surface area contributed by atoms with Gasteiger partial charge in [-0.3, -0.25) is 4.79 Å². The molecule has 2 saturated heterocycles. The number of carbonyl (C=O) groups is 2.